The summed E-state index contributed by atoms with van der Waals surface area (Å²) in [5.41, 5.74) is 0.169. The number of nitrogens with zero attached hydrogens (tertiary/aromatic N) is 3. The quantitative estimate of drug-likeness (QED) is 0.417. The standard InChI is InChI=1S/C28H33ClF3N3O4/c1-34(2)25(36)21-7-8-22(33-24(21)29)39-19-9-11-27(12-10-19)13-15-35(16-14-27)26(37)23(28(30,31)32)18-5-4-6-20(17-18)38-3/h4-8,17,19,23H,9-16H2,1-3H3/t23-/m0/s1. The molecule has 2 heterocycles. The molecule has 1 saturated carbocycles. The smallest absolute Gasteiger partial charge is 0.404 e. The number of halogens is 4. The Morgan fingerprint density at radius 1 is 1.10 bits per heavy atom. The Morgan fingerprint density at radius 2 is 1.77 bits per heavy atom. The van der Waals surface area contributed by atoms with Gasteiger partial charge in [-0.25, -0.2) is 4.98 Å². The fraction of sp³-hybridized carbons (Fsp3) is 0.536. The molecule has 11 heteroatoms. The van der Waals surface area contributed by atoms with Crippen molar-refractivity contribution in [3.63, 3.8) is 0 Å². The molecule has 212 valence electrons. The average molecular weight is 568 g/mol. The number of carbonyl (C=O) groups excluding carboxylic acids is 2. The monoisotopic (exact) mass is 567 g/mol. The molecule has 7 nitrogen and oxygen atoms in total. The van der Waals surface area contributed by atoms with Gasteiger partial charge in [-0.05, 0) is 67.7 Å². The van der Waals surface area contributed by atoms with E-state index in [1.165, 1.54) is 35.1 Å². The number of hydrogen-bond acceptors (Lipinski definition) is 5. The lowest BCUT2D eigenvalue weighted by atomic mass is 9.67. The minimum atomic E-state index is -4.71. The third-order valence-electron chi connectivity index (χ3n) is 7.88. The van der Waals surface area contributed by atoms with E-state index in [0.717, 1.165) is 25.7 Å². The van der Waals surface area contributed by atoms with Crippen LogP contribution in [0, 0.1) is 5.41 Å². The number of rotatable bonds is 6. The largest absolute Gasteiger partial charge is 0.497 e. The topological polar surface area (TPSA) is 72.0 Å². The molecular formula is C28H33ClF3N3O4. The van der Waals surface area contributed by atoms with Gasteiger partial charge in [0.2, 0.25) is 11.8 Å². The van der Waals surface area contributed by atoms with Crippen molar-refractivity contribution in [1.82, 2.24) is 14.8 Å². The second-order valence-electron chi connectivity index (χ2n) is 10.6. The highest BCUT2D eigenvalue weighted by Crippen LogP contribution is 2.46. The first-order valence-corrected chi connectivity index (χ1v) is 13.3. The second kappa shape index (κ2) is 11.6. The van der Waals surface area contributed by atoms with E-state index in [-0.39, 0.29) is 33.9 Å². The van der Waals surface area contributed by atoms with Crippen LogP contribution in [-0.4, -0.2) is 73.2 Å². The number of pyridine rings is 1. The molecule has 0 radical (unpaired) electrons. The lowest BCUT2D eigenvalue weighted by molar-refractivity contribution is -0.173. The molecular weight excluding hydrogens is 535 g/mol. The highest BCUT2D eigenvalue weighted by atomic mass is 35.5. The number of benzene rings is 1. The van der Waals surface area contributed by atoms with Crippen LogP contribution in [0.25, 0.3) is 0 Å². The zero-order chi connectivity index (χ0) is 28.4. The Balaban J connectivity index is 1.34. The Kier molecular flexibility index (Phi) is 8.63. The summed E-state index contributed by atoms with van der Waals surface area (Å²) in [6.45, 7) is 0.582. The van der Waals surface area contributed by atoms with E-state index < -0.39 is 18.0 Å². The molecule has 2 aromatic rings. The van der Waals surface area contributed by atoms with Crippen molar-refractivity contribution in [2.75, 3.05) is 34.3 Å². The Bertz CT molecular complexity index is 1190. The van der Waals surface area contributed by atoms with Gasteiger partial charge in [-0.3, -0.25) is 9.59 Å². The maximum Gasteiger partial charge on any atom is 0.404 e. The molecule has 2 amide bonds. The molecule has 2 aliphatic rings. The summed E-state index contributed by atoms with van der Waals surface area (Å²) in [6, 6.07) is 8.85. The first-order chi connectivity index (χ1) is 18.4. The van der Waals surface area contributed by atoms with Crippen molar-refractivity contribution >= 4 is 23.4 Å². The number of alkyl halides is 3. The van der Waals surface area contributed by atoms with Crippen LogP contribution in [0.1, 0.15) is 60.4 Å². The molecule has 2 fully saturated rings. The van der Waals surface area contributed by atoms with E-state index in [1.807, 2.05) is 0 Å². The molecule has 1 aromatic carbocycles. The van der Waals surface area contributed by atoms with Crippen LogP contribution in [-0.2, 0) is 4.79 Å². The summed E-state index contributed by atoms with van der Waals surface area (Å²) >= 11 is 6.20. The van der Waals surface area contributed by atoms with Crippen LogP contribution in [0.4, 0.5) is 13.2 Å². The lowest BCUT2D eigenvalue weighted by Crippen LogP contribution is -2.48. The highest BCUT2D eigenvalue weighted by molar-refractivity contribution is 6.32. The summed E-state index contributed by atoms with van der Waals surface area (Å²) < 4.78 is 53.1. The number of aromatic nitrogens is 1. The van der Waals surface area contributed by atoms with Gasteiger partial charge in [0, 0.05) is 33.3 Å². The van der Waals surface area contributed by atoms with Crippen LogP contribution >= 0.6 is 11.6 Å². The van der Waals surface area contributed by atoms with Gasteiger partial charge >= 0.3 is 6.18 Å². The van der Waals surface area contributed by atoms with Crippen LogP contribution in [0.2, 0.25) is 5.15 Å². The number of hydrogen-bond donors (Lipinski definition) is 0. The number of carbonyl (C=O) groups is 2. The van der Waals surface area contributed by atoms with Crippen LogP contribution in [0.3, 0.4) is 0 Å². The van der Waals surface area contributed by atoms with E-state index in [2.05, 4.69) is 4.98 Å². The molecule has 4 rings (SSSR count). The van der Waals surface area contributed by atoms with Crippen molar-refractivity contribution in [2.24, 2.45) is 5.41 Å². The maximum absolute atomic E-state index is 14.0. The summed E-state index contributed by atoms with van der Waals surface area (Å²) in [4.78, 5) is 32.3. The van der Waals surface area contributed by atoms with Crippen LogP contribution in [0.15, 0.2) is 36.4 Å². The van der Waals surface area contributed by atoms with Gasteiger partial charge in [0.05, 0.1) is 12.7 Å². The molecule has 1 aliphatic heterocycles. The van der Waals surface area contributed by atoms with Crippen molar-refractivity contribution in [2.45, 2.75) is 56.7 Å². The van der Waals surface area contributed by atoms with Gasteiger partial charge in [0.1, 0.15) is 17.0 Å². The van der Waals surface area contributed by atoms with Crippen molar-refractivity contribution < 1.29 is 32.2 Å². The van der Waals surface area contributed by atoms with Crippen LogP contribution < -0.4 is 9.47 Å². The second-order valence-corrected chi connectivity index (χ2v) is 10.9. The highest BCUT2D eigenvalue weighted by Gasteiger charge is 2.49. The van der Waals surface area contributed by atoms with E-state index in [0.29, 0.717) is 37.4 Å². The third kappa shape index (κ3) is 6.59. The van der Waals surface area contributed by atoms with Gasteiger partial charge < -0.3 is 19.3 Å². The predicted octanol–water partition coefficient (Wildman–Crippen LogP) is 5.72. The first-order valence-electron chi connectivity index (χ1n) is 13.0. The van der Waals surface area contributed by atoms with Gasteiger partial charge in [-0.1, -0.05) is 23.7 Å². The molecule has 1 atom stereocenters. The predicted molar refractivity (Wildman–Crippen MR) is 140 cm³/mol. The van der Waals surface area contributed by atoms with Crippen LogP contribution in [0.5, 0.6) is 11.6 Å². The summed E-state index contributed by atoms with van der Waals surface area (Å²) in [6.07, 6.45) is -0.243. The minimum Gasteiger partial charge on any atom is -0.497 e. The van der Waals surface area contributed by atoms with Crippen molar-refractivity contribution in [3.05, 3.63) is 52.7 Å². The van der Waals surface area contributed by atoms with Gasteiger partial charge in [0.25, 0.3) is 5.91 Å². The van der Waals surface area contributed by atoms with Crippen molar-refractivity contribution in [3.8, 4) is 11.6 Å². The Hall–Kier alpha value is -3.01. The van der Waals surface area contributed by atoms with Gasteiger partial charge in [-0.15, -0.1) is 0 Å². The lowest BCUT2D eigenvalue weighted by Gasteiger charge is -2.46. The third-order valence-corrected chi connectivity index (χ3v) is 8.17. The van der Waals surface area contributed by atoms with Crippen molar-refractivity contribution in [1.29, 1.82) is 0 Å². The molecule has 1 aromatic heterocycles. The minimum absolute atomic E-state index is 0.0204. The molecule has 1 spiro atoms. The number of ether oxygens (including phenoxy) is 2. The SMILES string of the molecule is COc1cccc([C@@H](C(=O)N2CCC3(CCC(Oc4ccc(C(=O)N(C)C)c(Cl)n4)CC3)CC2)C(F)(F)F)c1. The number of methoxy groups -OCH3 is 1. The Morgan fingerprint density at radius 3 is 2.33 bits per heavy atom. The molecule has 0 unspecified atom stereocenters. The fourth-order valence-electron chi connectivity index (χ4n) is 5.55. The molecule has 0 N–H and O–H groups in total. The summed E-state index contributed by atoms with van der Waals surface area (Å²) in [5.74, 6) is -2.74. The van der Waals surface area contributed by atoms with E-state index in [9.17, 15) is 22.8 Å². The fourth-order valence-corrected chi connectivity index (χ4v) is 5.78. The molecule has 1 aliphatic carbocycles. The first kappa shape index (κ1) is 29.0. The summed E-state index contributed by atoms with van der Waals surface area (Å²) in [7, 11) is 4.65. The van der Waals surface area contributed by atoms with Gasteiger partial charge in [0.15, 0.2) is 5.92 Å². The number of likely N-dealkylation sites (tertiary alicyclic amines) is 1. The Labute approximate surface area is 231 Å². The molecule has 1 saturated heterocycles. The number of piperidine rings is 1. The maximum atomic E-state index is 14.0. The van der Waals surface area contributed by atoms with E-state index in [1.54, 1.807) is 32.3 Å². The molecule has 39 heavy (non-hydrogen) atoms. The number of amides is 2. The van der Waals surface area contributed by atoms with E-state index in [4.69, 9.17) is 21.1 Å². The van der Waals surface area contributed by atoms with Gasteiger partial charge in [-0.2, -0.15) is 13.2 Å². The molecule has 0 bridgehead atoms. The zero-order valence-corrected chi connectivity index (χ0v) is 23.0. The van der Waals surface area contributed by atoms with E-state index >= 15 is 0 Å². The normalized spacial score (nSPS) is 18.5. The summed E-state index contributed by atoms with van der Waals surface area (Å²) in [5, 5.41) is 0.0848. The average Bonchev–Trinajstić information content (AvgIpc) is 2.89. The zero-order valence-electron chi connectivity index (χ0n) is 22.3.